The van der Waals surface area contributed by atoms with Crippen molar-refractivity contribution in [2.75, 3.05) is 11.5 Å². The molecular weight excluding hydrogens is 406 g/mol. The second-order valence-corrected chi connectivity index (χ2v) is 10.1. The smallest absolute Gasteiger partial charge is 0.259 e. The second-order valence-electron chi connectivity index (χ2n) is 7.31. The first-order chi connectivity index (χ1) is 13.4. The van der Waals surface area contributed by atoms with E-state index in [2.05, 4.69) is 13.8 Å². The number of aryl methyl sites for hydroxylation is 1. The van der Waals surface area contributed by atoms with Gasteiger partial charge in [0.05, 0.1) is 22.7 Å². The molecular formula is C22H21NO2S3. The lowest BCUT2D eigenvalue weighted by Crippen LogP contribution is -2.48. The van der Waals surface area contributed by atoms with Crippen molar-refractivity contribution in [1.29, 1.82) is 0 Å². The lowest BCUT2D eigenvalue weighted by atomic mass is 9.86. The average Bonchev–Trinajstić information content (AvgIpc) is 3.05. The van der Waals surface area contributed by atoms with Crippen LogP contribution in [0.3, 0.4) is 0 Å². The molecule has 0 saturated heterocycles. The van der Waals surface area contributed by atoms with E-state index >= 15 is 0 Å². The molecule has 0 spiro atoms. The average molecular weight is 428 g/mol. The molecule has 0 radical (unpaired) electrons. The van der Waals surface area contributed by atoms with Crippen molar-refractivity contribution in [3.8, 4) is 16.9 Å². The highest BCUT2D eigenvalue weighted by Crippen LogP contribution is 2.55. The zero-order valence-corrected chi connectivity index (χ0v) is 18.7. The van der Waals surface area contributed by atoms with E-state index in [1.165, 1.54) is 0 Å². The molecule has 0 atom stereocenters. The maximum atomic E-state index is 13.8. The summed E-state index contributed by atoms with van der Waals surface area (Å²) in [7, 11) is 3.26. The molecule has 6 heteroatoms. The van der Waals surface area contributed by atoms with Crippen LogP contribution in [0.1, 0.15) is 41.6 Å². The van der Waals surface area contributed by atoms with Crippen LogP contribution in [-0.2, 0) is 5.54 Å². The summed E-state index contributed by atoms with van der Waals surface area (Å²) in [5.41, 5.74) is 4.06. The summed E-state index contributed by atoms with van der Waals surface area (Å²) in [6.07, 6.45) is 0. The number of amides is 1. The molecule has 3 nitrogen and oxygen atoms in total. The molecule has 1 aromatic heterocycles. The van der Waals surface area contributed by atoms with Gasteiger partial charge in [-0.05, 0) is 45.9 Å². The Morgan fingerprint density at radius 3 is 2.64 bits per heavy atom. The van der Waals surface area contributed by atoms with E-state index in [4.69, 9.17) is 17.0 Å². The van der Waals surface area contributed by atoms with Gasteiger partial charge in [0.1, 0.15) is 9.57 Å². The molecule has 0 saturated carbocycles. The lowest BCUT2D eigenvalue weighted by molar-refractivity contribution is 0.0960. The Labute approximate surface area is 177 Å². The van der Waals surface area contributed by atoms with Crippen molar-refractivity contribution >= 4 is 44.5 Å². The number of benzene rings is 2. The minimum absolute atomic E-state index is 0.0305. The highest BCUT2D eigenvalue weighted by molar-refractivity contribution is 7.80. The van der Waals surface area contributed by atoms with Crippen LogP contribution in [0.15, 0.2) is 42.5 Å². The summed E-state index contributed by atoms with van der Waals surface area (Å²) in [4.78, 5) is 16.8. The van der Waals surface area contributed by atoms with Gasteiger partial charge in [0.15, 0.2) is 0 Å². The Morgan fingerprint density at radius 2 is 1.93 bits per heavy atom. The monoisotopic (exact) mass is 427 g/mol. The van der Waals surface area contributed by atoms with E-state index in [1.54, 1.807) is 20.7 Å². The van der Waals surface area contributed by atoms with E-state index in [-0.39, 0.29) is 5.91 Å². The number of hydrogen-bond acceptors (Lipinski definition) is 5. The number of fused-ring (bicyclic) bond motifs is 3. The van der Waals surface area contributed by atoms with Crippen LogP contribution < -0.4 is 9.64 Å². The van der Waals surface area contributed by atoms with Crippen molar-refractivity contribution in [2.45, 2.75) is 33.2 Å². The van der Waals surface area contributed by atoms with Gasteiger partial charge in [-0.25, -0.2) is 0 Å². The van der Waals surface area contributed by atoms with Crippen molar-refractivity contribution < 1.29 is 9.53 Å². The van der Waals surface area contributed by atoms with Crippen molar-refractivity contribution in [3.05, 3.63) is 62.3 Å². The molecule has 1 amide bonds. The Hall–Kier alpha value is -2.02. The maximum Gasteiger partial charge on any atom is 0.259 e. The third kappa shape index (κ3) is 2.91. The summed E-state index contributed by atoms with van der Waals surface area (Å²) in [6.45, 7) is 8.66. The second kappa shape index (κ2) is 7.10. The molecule has 144 valence electrons. The first kappa shape index (κ1) is 19.3. The van der Waals surface area contributed by atoms with Gasteiger partial charge in [-0.15, -0.1) is 0 Å². The van der Waals surface area contributed by atoms with Crippen LogP contribution in [0.4, 0.5) is 5.69 Å². The van der Waals surface area contributed by atoms with Crippen molar-refractivity contribution in [3.63, 3.8) is 0 Å². The number of nitrogens with zero attached hydrogens (tertiary/aromatic N) is 1. The molecule has 2 aromatic carbocycles. The number of para-hydroxylation sites is 1. The van der Waals surface area contributed by atoms with E-state index in [0.29, 0.717) is 17.9 Å². The van der Waals surface area contributed by atoms with Gasteiger partial charge in [-0.1, -0.05) is 62.7 Å². The summed E-state index contributed by atoms with van der Waals surface area (Å²) in [5.74, 6) is 0.683. The molecule has 0 aliphatic carbocycles. The molecule has 0 bridgehead atoms. The Morgan fingerprint density at radius 1 is 1.18 bits per heavy atom. The first-order valence-corrected chi connectivity index (χ1v) is 11.7. The molecule has 0 unspecified atom stereocenters. The Balaban J connectivity index is 2.02. The minimum atomic E-state index is -0.533. The molecule has 1 aliphatic rings. The van der Waals surface area contributed by atoms with Crippen LogP contribution >= 0.6 is 32.9 Å². The van der Waals surface area contributed by atoms with Crippen LogP contribution in [0.25, 0.3) is 11.1 Å². The minimum Gasteiger partial charge on any atom is -0.492 e. The predicted molar refractivity (Wildman–Crippen MR) is 121 cm³/mol. The lowest BCUT2D eigenvalue weighted by Gasteiger charge is -2.43. The number of carbonyl (C=O) groups is 1. The van der Waals surface area contributed by atoms with Gasteiger partial charge in [-0.3, -0.25) is 9.69 Å². The Kier molecular flexibility index (Phi) is 4.89. The van der Waals surface area contributed by atoms with E-state index in [0.717, 1.165) is 31.1 Å². The zero-order chi connectivity index (χ0) is 20.1. The fourth-order valence-corrected chi connectivity index (χ4v) is 7.05. The molecule has 3 aromatic rings. The summed E-state index contributed by atoms with van der Waals surface area (Å²) in [5, 5.41) is 0. The SMILES string of the molecule is CCOc1cccc2c1N(C(=O)c1cccc(C)c1)C(C)(C)c1ssc(=S)c1-2. The quantitative estimate of drug-likeness (QED) is 0.340. The molecule has 2 heterocycles. The summed E-state index contributed by atoms with van der Waals surface area (Å²) >= 11 is 5.66. The normalized spacial score (nSPS) is 14.4. The topological polar surface area (TPSA) is 29.5 Å². The highest BCUT2D eigenvalue weighted by Gasteiger charge is 2.44. The van der Waals surface area contributed by atoms with E-state index in [9.17, 15) is 4.79 Å². The van der Waals surface area contributed by atoms with Gasteiger partial charge in [-0.2, -0.15) is 0 Å². The van der Waals surface area contributed by atoms with Gasteiger partial charge >= 0.3 is 0 Å². The largest absolute Gasteiger partial charge is 0.492 e. The molecule has 4 rings (SSSR count). The predicted octanol–water partition coefficient (Wildman–Crippen LogP) is 6.81. The van der Waals surface area contributed by atoms with Crippen molar-refractivity contribution in [1.82, 2.24) is 0 Å². The number of rotatable bonds is 3. The third-order valence-corrected chi connectivity index (χ3v) is 8.34. The number of ether oxygens (including phenoxy) is 1. The Bertz CT molecular complexity index is 1130. The van der Waals surface area contributed by atoms with Gasteiger partial charge in [0.25, 0.3) is 5.91 Å². The highest BCUT2D eigenvalue weighted by atomic mass is 32.9. The number of carbonyl (C=O) groups excluding carboxylic acids is 1. The van der Waals surface area contributed by atoms with E-state index < -0.39 is 5.54 Å². The summed E-state index contributed by atoms with van der Waals surface area (Å²) < 4.78 is 6.81. The molecule has 0 N–H and O–H groups in total. The molecule has 0 fully saturated rings. The van der Waals surface area contributed by atoms with Crippen LogP contribution in [0.5, 0.6) is 5.75 Å². The number of anilines is 1. The van der Waals surface area contributed by atoms with Gasteiger partial charge in [0.2, 0.25) is 0 Å². The van der Waals surface area contributed by atoms with Crippen molar-refractivity contribution in [2.24, 2.45) is 0 Å². The number of hydrogen-bond donors (Lipinski definition) is 0. The van der Waals surface area contributed by atoms with E-state index in [1.807, 2.05) is 61.2 Å². The van der Waals surface area contributed by atoms with Crippen LogP contribution in [-0.4, -0.2) is 12.5 Å². The van der Waals surface area contributed by atoms with Crippen LogP contribution in [0, 0.1) is 10.7 Å². The van der Waals surface area contributed by atoms with Crippen LogP contribution in [0.2, 0.25) is 0 Å². The third-order valence-electron chi connectivity index (χ3n) is 5.01. The summed E-state index contributed by atoms with van der Waals surface area (Å²) in [6, 6.07) is 13.7. The zero-order valence-electron chi connectivity index (χ0n) is 16.2. The fraction of sp³-hybridized carbons (Fsp3) is 0.273. The fourth-order valence-electron chi connectivity index (χ4n) is 3.77. The maximum absolute atomic E-state index is 13.8. The molecule has 28 heavy (non-hydrogen) atoms. The first-order valence-electron chi connectivity index (χ1n) is 9.17. The standard InChI is InChI=1S/C22H21NO2S3/c1-5-25-16-11-7-10-15-17-19(27-28-21(17)26)22(3,4)23(18(15)16)20(24)14-9-6-8-13(2)12-14/h6-12H,5H2,1-4H3. The van der Waals surface area contributed by atoms with Gasteiger partial charge < -0.3 is 4.74 Å². The molecule has 1 aliphatic heterocycles. The van der Waals surface area contributed by atoms with Gasteiger partial charge in [0, 0.05) is 16.7 Å².